The zero-order valence-corrected chi connectivity index (χ0v) is 10.9. The van der Waals surface area contributed by atoms with E-state index >= 15 is 0 Å². The highest BCUT2D eigenvalue weighted by Gasteiger charge is 1.87. The minimum Gasteiger partial charge on any atom is -0.0733 e. The lowest BCUT2D eigenvalue weighted by molar-refractivity contribution is 0.906. The van der Waals surface area contributed by atoms with E-state index in [1.807, 2.05) is 12.1 Å². The van der Waals surface area contributed by atoms with Crippen molar-refractivity contribution in [2.24, 2.45) is 0 Å². The minimum atomic E-state index is 1.12. The van der Waals surface area contributed by atoms with Crippen molar-refractivity contribution < 1.29 is 0 Å². The molecule has 0 spiro atoms. The van der Waals surface area contributed by atoms with Gasteiger partial charge in [0.25, 0.3) is 0 Å². The summed E-state index contributed by atoms with van der Waals surface area (Å²) in [6, 6.07) is 8.30. The van der Waals surface area contributed by atoms with Crippen LogP contribution < -0.4 is 0 Å². The molecule has 80 valence electrons. The summed E-state index contributed by atoms with van der Waals surface area (Å²) in [5.41, 5.74) is 2.66. The van der Waals surface area contributed by atoms with Gasteiger partial charge < -0.3 is 0 Å². The first-order valence-corrected chi connectivity index (χ1v) is 6.11. The van der Waals surface area contributed by atoms with E-state index < -0.39 is 0 Å². The number of rotatable bonds is 4. The topological polar surface area (TPSA) is 0 Å². The van der Waals surface area contributed by atoms with Gasteiger partial charge in [0, 0.05) is 4.47 Å². The molecule has 1 aromatic rings. The maximum atomic E-state index is 3.46. The van der Waals surface area contributed by atoms with E-state index in [0.29, 0.717) is 0 Å². The normalized spacial score (nSPS) is 12.3. The summed E-state index contributed by atoms with van der Waals surface area (Å²) in [5, 5.41) is 0. The molecule has 0 saturated heterocycles. The Morgan fingerprint density at radius 3 is 2.87 bits per heavy atom. The van der Waals surface area contributed by atoms with Crippen molar-refractivity contribution >= 4 is 22.0 Å². The molecule has 15 heavy (non-hydrogen) atoms. The molecular formula is C14H17Br. The lowest BCUT2D eigenvalue weighted by Crippen LogP contribution is -1.73. The van der Waals surface area contributed by atoms with E-state index in [1.54, 1.807) is 0 Å². The molecule has 0 amide bonds. The molecule has 1 aromatic carbocycles. The zero-order chi connectivity index (χ0) is 11.1. The number of halogens is 1. The number of hydrogen-bond acceptors (Lipinski definition) is 0. The molecule has 1 heteroatoms. The summed E-state index contributed by atoms with van der Waals surface area (Å²) in [7, 11) is 0. The molecule has 0 radical (unpaired) electrons. The van der Waals surface area contributed by atoms with Gasteiger partial charge >= 0.3 is 0 Å². The zero-order valence-electron chi connectivity index (χ0n) is 9.33. The Labute approximate surface area is 101 Å². The maximum Gasteiger partial charge on any atom is 0.0181 e. The molecular weight excluding hydrogens is 248 g/mol. The summed E-state index contributed by atoms with van der Waals surface area (Å²) >= 11 is 3.46. The van der Waals surface area contributed by atoms with Crippen molar-refractivity contribution in [2.75, 3.05) is 0 Å². The lowest BCUT2D eigenvalue weighted by Gasteiger charge is -1.95. The van der Waals surface area contributed by atoms with E-state index in [1.165, 1.54) is 24.0 Å². The van der Waals surface area contributed by atoms with Crippen molar-refractivity contribution in [2.45, 2.75) is 26.7 Å². The van der Waals surface area contributed by atoms with Crippen molar-refractivity contribution in [3.8, 4) is 0 Å². The summed E-state index contributed by atoms with van der Waals surface area (Å²) in [4.78, 5) is 0. The van der Waals surface area contributed by atoms with Crippen LogP contribution >= 0.6 is 15.9 Å². The molecule has 1 rings (SSSR count). The molecule has 0 aliphatic rings. The predicted molar refractivity (Wildman–Crippen MR) is 71.8 cm³/mol. The lowest BCUT2D eigenvalue weighted by atomic mass is 10.1. The van der Waals surface area contributed by atoms with E-state index in [-0.39, 0.29) is 0 Å². The quantitative estimate of drug-likeness (QED) is 0.655. The van der Waals surface area contributed by atoms with Crippen molar-refractivity contribution in [3.05, 3.63) is 52.0 Å². The summed E-state index contributed by atoms with van der Waals surface area (Å²) in [5.74, 6) is 0. The average molecular weight is 265 g/mol. The first-order valence-electron chi connectivity index (χ1n) is 5.32. The van der Waals surface area contributed by atoms with Gasteiger partial charge in [-0.15, -0.1) is 0 Å². The second-order valence-corrected chi connectivity index (χ2v) is 4.59. The third-order valence-electron chi connectivity index (χ3n) is 2.16. The van der Waals surface area contributed by atoms with Gasteiger partial charge in [-0.1, -0.05) is 65.2 Å². The Bertz CT molecular complexity index is 361. The molecule has 0 aliphatic heterocycles. The van der Waals surface area contributed by atoms with Gasteiger partial charge in [-0.3, -0.25) is 0 Å². The fraction of sp³-hybridized carbons (Fsp3) is 0.286. The highest BCUT2D eigenvalue weighted by atomic mass is 79.9. The van der Waals surface area contributed by atoms with Crippen molar-refractivity contribution in [1.82, 2.24) is 0 Å². The van der Waals surface area contributed by atoms with Crippen LogP contribution in [0.25, 0.3) is 6.08 Å². The summed E-state index contributed by atoms with van der Waals surface area (Å²) < 4.78 is 1.12. The molecule has 0 aromatic heterocycles. The van der Waals surface area contributed by atoms with E-state index in [2.05, 4.69) is 60.1 Å². The van der Waals surface area contributed by atoms with Crippen LogP contribution in [0.5, 0.6) is 0 Å². The van der Waals surface area contributed by atoms with Crippen molar-refractivity contribution in [1.29, 1.82) is 0 Å². The van der Waals surface area contributed by atoms with Crippen molar-refractivity contribution in [3.63, 3.8) is 0 Å². The van der Waals surface area contributed by atoms with E-state index in [9.17, 15) is 0 Å². The smallest absolute Gasteiger partial charge is 0.0181 e. The third kappa shape index (κ3) is 4.98. The van der Waals surface area contributed by atoms with Crippen LogP contribution in [0.3, 0.4) is 0 Å². The highest BCUT2D eigenvalue weighted by molar-refractivity contribution is 9.10. The molecule has 0 unspecified atom stereocenters. The maximum absolute atomic E-state index is 3.46. The molecule has 0 saturated carbocycles. The standard InChI is InChI=1S/C14H17Br/c1-3-6-12(2)7-4-8-13-9-5-10-14(15)11-13/h4-5,7-11H,3,6H2,1-2H3/b8-4+,12-7-. The highest BCUT2D eigenvalue weighted by Crippen LogP contribution is 2.13. The monoisotopic (exact) mass is 264 g/mol. The summed E-state index contributed by atoms with van der Waals surface area (Å²) in [6.07, 6.45) is 8.83. The Balaban J connectivity index is 2.62. The van der Waals surface area contributed by atoms with E-state index in [0.717, 1.165) is 4.47 Å². The predicted octanol–water partition coefficient (Wildman–Crippen LogP) is 5.21. The molecule has 0 bridgehead atoms. The van der Waals surface area contributed by atoms with Gasteiger partial charge in [0.2, 0.25) is 0 Å². The van der Waals surface area contributed by atoms with Crippen LogP contribution in [0.2, 0.25) is 0 Å². The fourth-order valence-electron chi connectivity index (χ4n) is 1.41. The molecule has 0 aliphatic carbocycles. The second-order valence-electron chi connectivity index (χ2n) is 3.68. The van der Waals surface area contributed by atoms with Crippen LogP contribution in [0.15, 0.2) is 46.5 Å². The molecule has 0 atom stereocenters. The van der Waals surface area contributed by atoms with E-state index in [4.69, 9.17) is 0 Å². The van der Waals surface area contributed by atoms with Gasteiger partial charge in [-0.05, 0) is 31.0 Å². The Morgan fingerprint density at radius 1 is 1.40 bits per heavy atom. The SMILES string of the molecule is CCC/C(C)=C\C=C\c1cccc(Br)c1. The first kappa shape index (κ1) is 12.3. The van der Waals surface area contributed by atoms with Crippen LogP contribution in [-0.2, 0) is 0 Å². The average Bonchev–Trinajstić information content (AvgIpc) is 2.18. The number of hydrogen-bond donors (Lipinski definition) is 0. The van der Waals surface area contributed by atoms with Gasteiger partial charge in [0.15, 0.2) is 0 Å². The van der Waals surface area contributed by atoms with Crippen LogP contribution in [0.4, 0.5) is 0 Å². The Hall–Kier alpha value is -0.820. The second kappa shape index (κ2) is 6.62. The number of allylic oxidation sites excluding steroid dienone is 3. The van der Waals surface area contributed by atoms with Gasteiger partial charge in [-0.25, -0.2) is 0 Å². The molecule has 0 fully saturated rings. The Morgan fingerprint density at radius 2 is 2.20 bits per heavy atom. The van der Waals surface area contributed by atoms with Crippen LogP contribution in [0.1, 0.15) is 32.3 Å². The minimum absolute atomic E-state index is 1.12. The number of benzene rings is 1. The molecule has 0 nitrogen and oxygen atoms in total. The summed E-state index contributed by atoms with van der Waals surface area (Å²) in [6.45, 7) is 4.38. The third-order valence-corrected chi connectivity index (χ3v) is 2.66. The van der Waals surface area contributed by atoms with Gasteiger partial charge in [0.05, 0.1) is 0 Å². The molecule has 0 heterocycles. The van der Waals surface area contributed by atoms with Gasteiger partial charge in [-0.2, -0.15) is 0 Å². The Kier molecular flexibility index (Phi) is 5.41. The van der Waals surface area contributed by atoms with Crippen LogP contribution in [0, 0.1) is 0 Å². The largest absolute Gasteiger partial charge is 0.0733 e. The van der Waals surface area contributed by atoms with Gasteiger partial charge in [0.1, 0.15) is 0 Å². The molecule has 0 N–H and O–H groups in total. The first-order chi connectivity index (χ1) is 7.22. The van der Waals surface area contributed by atoms with Crippen LogP contribution in [-0.4, -0.2) is 0 Å². The fourth-order valence-corrected chi connectivity index (χ4v) is 1.83.